The van der Waals surface area contributed by atoms with Gasteiger partial charge in [0.15, 0.2) is 5.82 Å². The van der Waals surface area contributed by atoms with Crippen LogP contribution in [0.15, 0.2) is 54.9 Å². The van der Waals surface area contributed by atoms with Crippen LogP contribution in [0.5, 0.6) is 0 Å². The summed E-state index contributed by atoms with van der Waals surface area (Å²) in [6.07, 6.45) is 4.30. The van der Waals surface area contributed by atoms with Crippen LogP contribution in [0, 0.1) is 5.82 Å². The van der Waals surface area contributed by atoms with Gasteiger partial charge in [-0.05, 0) is 30.7 Å². The lowest BCUT2D eigenvalue weighted by Gasteiger charge is -2.35. The summed E-state index contributed by atoms with van der Waals surface area (Å²) in [4.78, 5) is 30.1. The molecule has 160 valence electrons. The first-order valence-electron chi connectivity index (χ1n) is 10.4. The number of benzene rings is 1. The third-order valence-corrected chi connectivity index (χ3v) is 5.28. The average molecular weight is 420 g/mol. The number of carbonyl (C=O) groups excluding carboxylic acids is 1. The molecular weight excluding hydrogens is 395 g/mol. The van der Waals surface area contributed by atoms with Gasteiger partial charge in [-0.2, -0.15) is 0 Å². The van der Waals surface area contributed by atoms with Gasteiger partial charge in [0, 0.05) is 55.9 Å². The molecule has 7 nitrogen and oxygen atoms in total. The molecule has 3 aromatic rings. The number of anilines is 2. The number of halogens is 1. The summed E-state index contributed by atoms with van der Waals surface area (Å²) >= 11 is 0. The van der Waals surface area contributed by atoms with Crippen LogP contribution in [0.1, 0.15) is 12.6 Å². The van der Waals surface area contributed by atoms with Crippen LogP contribution >= 0.6 is 0 Å². The molecule has 2 aromatic heterocycles. The number of hydrogen-bond acceptors (Lipinski definition) is 6. The van der Waals surface area contributed by atoms with Crippen molar-refractivity contribution < 1.29 is 9.18 Å². The van der Waals surface area contributed by atoms with Crippen LogP contribution in [-0.4, -0.2) is 58.5 Å². The Labute approximate surface area is 181 Å². The Balaban J connectivity index is 1.38. The number of nitrogens with zero attached hydrogens (tertiary/aromatic N) is 5. The van der Waals surface area contributed by atoms with E-state index in [9.17, 15) is 9.18 Å². The number of para-hydroxylation sites is 1. The van der Waals surface area contributed by atoms with Crippen molar-refractivity contribution >= 4 is 17.4 Å². The van der Waals surface area contributed by atoms with E-state index in [2.05, 4.69) is 32.0 Å². The summed E-state index contributed by atoms with van der Waals surface area (Å²) in [6, 6.07) is 12.0. The van der Waals surface area contributed by atoms with Gasteiger partial charge < -0.3 is 10.2 Å². The highest BCUT2D eigenvalue weighted by atomic mass is 19.1. The smallest absolute Gasteiger partial charge is 0.238 e. The number of carbonyl (C=O) groups is 1. The highest BCUT2D eigenvalue weighted by Crippen LogP contribution is 2.21. The number of rotatable bonds is 6. The zero-order chi connectivity index (χ0) is 21.6. The van der Waals surface area contributed by atoms with Crippen LogP contribution in [0.2, 0.25) is 0 Å². The van der Waals surface area contributed by atoms with Crippen molar-refractivity contribution in [3.8, 4) is 11.4 Å². The summed E-state index contributed by atoms with van der Waals surface area (Å²) in [5, 5.41) is 2.65. The van der Waals surface area contributed by atoms with Gasteiger partial charge >= 0.3 is 0 Å². The van der Waals surface area contributed by atoms with E-state index in [1.165, 1.54) is 6.07 Å². The quantitative estimate of drug-likeness (QED) is 0.661. The second kappa shape index (κ2) is 9.61. The zero-order valence-electron chi connectivity index (χ0n) is 17.5. The van der Waals surface area contributed by atoms with E-state index in [0.29, 0.717) is 5.82 Å². The van der Waals surface area contributed by atoms with Crippen LogP contribution in [0.4, 0.5) is 15.9 Å². The van der Waals surface area contributed by atoms with Crippen molar-refractivity contribution in [1.82, 2.24) is 19.9 Å². The van der Waals surface area contributed by atoms with Crippen molar-refractivity contribution in [2.75, 3.05) is 42.9 Å². The number of aryl methyl sites for hydroxylation is 1. The molecule has 0 saturated carbocycles. The molecule has 1 N–H and O–H groups in total. The van der Waals surface area contributed by atoms with E-state index in [1.807, 2.05) is 18.2 Å². The molecule has 8 heteroatoms. The van der Waals surface area contributed by atoms with Gasteiger partial charge in [0.1, 0.15) is 11.6 Å². The maximum atomic E-state index is 13.7. The fourth-order valence-electron chi connectivity index (χ4n) is 3.55. The van der Waals surface area contributed by atoms with Gasteiger partial charge in [0.25, 0.3) is 0 Å². The average Bonchev–Trinajstić information content (AvgIpc) is 2.81. The molecule has 0 atom stereocenters. The first-order chi connectivity index (χ1) is 15.1. The predicted molar refractivity (Wildman–Crippen MR) is 118 cm³/mol. The minimum atomic E-state index is -0.429. The molecular formula is C23H25FN6O. The number of nitrogens with one attached hydrogen (secondary N) is 1. The van der Waals surface area contributed by atoms with Crippen LogP contribution in [0.25, 0.3) is 11.4 Å². The normalized spacial score (nSPS) is 14.5. The molecule has 0 aliphatic carbocycles. The Kier molecular flexibility index (Phi) is 6.47. The van der Waals surface area contributed by atoms with Gasteiger partial charge in [0.05, 0.1) is 12.2 Å². The summed E-state index contributed by atoms with van der Waals surface area (Å²) in [5.41, 5.74) is 2.14. The van der Waals surface area contributed by atoms with Crippen molar-refractivity contribution in [1.29, 1.82) is 0 Å². The van der Waals surface area contributed by atoms with E-state index in [0.717, 1.165) is 49.7 Å². The highest BCUT2D eigenvalue weighted by molar-refractivity contribution is 5.92. The Bertz CT molecular complexity index is 1040. The maximum Gasteiger partial charge on any atom is 0.238 e. The van der Waals surface area contributed by atoms with Crippen molar-refractivity contribution in [3.63, 3.8) is 0 Å². The summed E-state index contributed by atoms with van der Waals surface area (Å²) in [7, 11) is 0. The number of hydrogen-bond donors (Lipinski definition) is 1. The van der Waals surface area contributed by atoms with Gasteiger partial charge in [0.2, 0.25) is 5.91 Å². The fraction of sp³-hybridized carbons (Fsp3) is 0.304. The summed E-state index contributed by atoms with van der Waals surface area (Å²) in [5.74, 6) is 0.951. The molecule has 1 aromatic carbocycles. The minimum absolute atomic E-state index is 0.211. The number of aromatic nitrogens is 3. The minimum Gasteiger partial charge on any atom is -0.354 e. The Morgan fingerprint density at radius 1 is 1.06 bits per heavy atom. The van der Waals surface area contributed by atoms with E-state index in [4.69, 9.17) is 4.98 Å². The maximum absolute atomic E-state index is 13.7. The third kappa shape index (κ3) is 5.21. The first kappa shape index (κ1) is 20.9. The first-order valence-corrected chi connectivity index (χ1v) is 10.4. The SMILES string of the molecule is CCc1cc(N2CCN(CC(=O)Nc3ccccc3F)CC2)nc(-c2ccncc2)n1. The van der Waals surface area contributed by atoms with Crippen molar-refractivity contribution in [2.45, 2.75) is 13.3 Å². The lowest BCUT2D eigenvalue weighted by molar-refractivity contribution is -0.117. The molecule has 1 amide bonds. The Hall–Kier alpha value is -3.39. The molecule has 3 heterocycles. The van der Waals surface area contributed by atoms with Crippen molar-refractivity contribution in [2.24, 2.45) is 0 Å². The molecule has 1 saturated heterocycles. The topological polar surface area (TPSA) is 74.2 Å². The number of piperazine rings is 1. The Morgan fingerprint density at radius 2 is 1.81 bits per heavy atom. The second-order valence-corrected chi connectivity index (χ2v) is 7.42. The molecule has 1 aliphatic rings. The molecule has 0 spiro atoms. The molecule has 1 aliphatic heterocycles. The molecule has 0 unspecified atom stereocenters. The predicted octanol–water partition coefficient (Wildman–Crippen LogP) is 3.00. The Morgan fingerprint density at radius 3 is 2.52 bits per heavy atom. The summed E-state index contributed by atoms with van der Waals surface area (Å²) in [6.45, 7) is 5.26. The number of amides is 1. The van der Waals surface area contributed by atoms with Crippen LogP contribution in [-0.2, 0) is 11.2 Å². The molecule has 4 rings (SSSR count). The van der Waals surface area contributed by atoms with E-state index < -0.39 is 5.82 Å². The monoisotopic (exact) mass is 420 g/mol. The van der Waals surface area contributed by atoms with E-state index in [-0.39, 0.29) is 18.1 Å². The molecule has 0 radical (unpaired) electrons. The second-order valence-electron chi connectivity index (χ2n) is 7.42. The van der Waals surface area contributed by atoms with Crippen LogP contribution in [0.3, 0.4) is 0 Å². The van der Waals surface area contributed by atoms with Gasteiger partial charge in [-0.1, -0.05) is 19.1 Å². The lowest BCUT2D eigenvalue weighted by Crippen LogP contribution is -2.49. The highest BCUT2D eigenvalue weighted by Gasteiger charge is 2.21. The van der Waals surface area contributed by atoms with Gasteiger partial charge in [-0.15, -0.1) is 0 Å². The molecule has 31 heavy (non-hydrogen) atoms. The number of pyridine rings is 1. The summed E-state index contributed by atoms with van der Waals surface area (Å²) < 4.78 is 13.7. The molecule has 1 fully saturated rings. The van der Waals surface area contributed by atoms with Crippen LogP contribution < -0.4 is 10.2 Å². The van der Waals surface area contributed by atoms with Gasteiger partial charge in [-0.3, -0.25) is 14.7 Å². The van der Waals surface area contributed by atoms with Crippen molar-refractivity contribution in [3.05, 3.63) is 66.4 Å². The largest absolute Gasteiger partial charge is 0.354 e. The zero-order valence-corrected chi connectivity index (χ0v) is 17.5. The van der Waals surface area contributed by atoms with Gasteiger partial charge in [-0.25, -0.2) is 14.4 Å². The van der Waals surface area contributed by atoms with E-state index >= 15 is 0 Å². The fourth-order valence-corrected chi connectivity index (χ4v) is 3.55. The standard InChI is InChI=1S/C23H25FN6O/c1-2-18-15-21(28-23(26-18)17-7-9-25-10-8-17)30-13-11-29(12-14-30)16-22(31)27-20-6-4-3-5-19(20)24/h3-10,15H,2,11-14,16H2,1H3,(H,27,31). The van der Waals surface area contributed by atoms with E-state index in [1.54, 1.807) is 30.6 Å². The molecule has 0 bridgehead atoms. The lowest BCUT2D eigenvalue weighted by atomic mass is 10.2. The third-order valence-electron chi connectivity index (χ3n) is 5.28.